The molecule has 31 heavy (non-hydrogen) atoms. The average molecular weight is 457 g/mol. The van der Waals surface area contributed by atoms with Crippen LogP contribution in [-0.4, -0.2) is 66.4 Å². The Morgan fingerprint density at radius 1 is 0.935 bits per heavy atom. The summed E-state index contributed by atoms with van der Waals surface area (Å²) in [6.07, 6.45) is 1.59. The summed E-state index contributed by atoms with van der Waals surface area (Å²) in [7, 11) is -3.25. The molecule has 0 aromatic heterocycles. The summed E-state index contributed by atoms with van der Waals surface area (Å²) >= 11 is 0. The number of hydrogen-bond acceptors (Lipinski definition) is 7. The molecule has 0 spiro atoms. The van der Waals surface area contributed by atoms with E-state index in [1.165, 1.54) is 0 Å². The minimum Gasteiger partial charge on any atom is -0.460 e. The van der Waals surface area contributed by atoms with E-state index in [1.807, 2.05) is 26.0 Å². The molecule has 1 unspecified atom stereocenters. The van der Waals surface area contributed by atoms with Crippen molar-refractivity contribution < 1.29 is 32.2 Å². The van der Waals surface area contributed by atoms with Crippen molar-refractivity contribution in [3.05, 3.63) is 42.0 Å². The normalized spacial score (nSPS) is 12.5. The van der Waals surface area contributed by atoms with Crippen LogP contribution < -0.4 is 0 Å². The summed E-state index contributed by atoms with van der Waals surface area (Å²) in [5.74, 6) is -0.205. The van der Waals surface area contributed by atoms with Crippen molar-refractivity contribution in [2.45, 2.75) is 38.5 Å². The maximum Gasteiger partial charge on any atom is 0.333 e. The quantitative estimate of drug-likeness (QED) is 0.202. The van der Waals surface area contributed by atoms with E-state index in [4.69, 9.17) is 18.9 Å². The van der Waals surface area contributed by atoms with Gasteiger partial charge in [-0.25, -0.2) is 13.2 Å². The van der Waals surface area contributed by atoms with Crippen molar-refractivity contribution in [1.82, 2.24) is 0 Å². The third-order valence-corrected chi connectivity index (χ3v) is 6.42. The van der Waals surface area contributed by atoms with Crippen LogP contribution in [0.4, 0.5) is 0 Å². The van der Waals surface area contributed by atoms with E-state index in [0.717, 1.165) is 18.4 Å². The number of ether oxygens (including phenoxy) is 4. The molecule has 0 bridgehead atoms. The molecule has 0 fully saturated rings. The molecule has 0 radical (unpaired) electrons. The molecule has 7 nitrogen and oxygen atoms in total. The number of rotatable bonds is 17. The van der Waals surface area contributed by atoms with Crippen LogP contribution in [0, 0.1) is 12.8 Å². The van der Waals surface area contributed by atoms with Gasteiger partial charge >= 0.3 is 5.97 Å². The van der Waals surface area contributed by atoms with Gasteiger partial charge in [0.05, 0.1) is 43.7 Å². The van der Waals surface area contributed by atoms with Gasteiger partial charge in [-0.1, -0.05) is 31.2 Å². The van der Waals surface area contributed by atoms with Gasteiger partial charge in [0.1, 0.15) is 6.61 Å². The molecule has 0 amide bonds. The van der Waals surface area contributed by atoms with E-state index in [1.54, 1.807) is 19.1 Å². The molecule has 1 aromatic rings. The monoisotopic (exact) mass is 456 g/mol. The van der Waals surface area contributed by atoms with E-state index < -0.39 is 15.8 Å². The van der Waals surface area contributed by atoms with Crippen LogP contribution in [-0.2, 0) is 33.6 Å². The standard InChI is InChI=1S/C23H36O7S/c1-19(2)23(24)30-17-16-29-15-14-28-13-12-27-11-5-6-21(4)18-31(25,26)22-9-7-20(3)8-10-22/h7-10,21H,1,5-6,11-18H2,2-4H3. The van der Waals surface area contributed by atoms with Gasteiger partial charge < -0.3 is 18.9 Å². The Hall–Kier alpha value is -1.74. The summed E-state index contributed by atoms with van der Waals surface area (Å²) in [5, 5.41) is 0. The topological polar surface area (TPSA) is 88.1 Å². The molecule has 176 valence electrons. The third kappa shape index (κ3) is 12.6. The van der Waals surface area contributed by atoms with E-state index in [-0.39, 0.29) is 18.3 Å². The lowest BCUT2D eigenvalue weighted by Gasteiger charge is -2.12. The molecule has 0 aliphatic carbocycles. The minimum atomic E-state index is -3.25. The summed E-state index contributed by atoms with van der Waals surface area (Å²) in [4.78, 5) is 11.5. The van der Waals surface area contributed by atoms with Gasteiger partial charge in [-0.2, -0.15) is 0 Å². The highest BCUT2D eigenvalue weighted by Gasteiger charge is 2.18. The lowest BCUT2D eigenvalue weighted by atomic mass is 10.1. The Morgan fingerprint density at radius 2 is 1.45 bits per heavy atom. The van der Waals surface area contributed by atoms with Gasteiger partial charge in [-0.3, -0.25) is 0 Å². The van der Waals surface area contributed by atoms with E-state index in [2.05, 4.69) is 6.58 Å². The highest BCUT2D eigenvalue weighted by atomic mass is 32.2. The summed E-state index contributed by atoms with van der Waals surface area (Å²) in [6, 6.07) is 6.98. The molecular formula is C23H36O7S. The highest BCUT2D eigenvalue weighted by molar-refractivity contribution is 7.91. The Labute approximate surface area is 186 Å². The first-order valence-electron chi connectivity index (χ1n) is 10.6. The number of hydrogen-bond donors (Lipinski definition) is 0. The molecular weight excluding hydrogens is 420 g/mol. The lowest BCUT2D eigenvalue weighted by molar-refractivity contribution is -0.140. The van der Waals surface area contributed by atoms with Crippen LogP contribution >= 0.6 is 0 Å². The highest BCUT2D eigenvalue weighted by Crippen LogP contribution is 2.17. The lowest BCUT2D eigenvalue weighted by Crippen LogP contribution is -2.15. The molecule has 0 saturated heterocycles. The van der Waals surface area contributed by atoms with Crippen molar-refractivity contribution in [3.63, 3.8) is 0 Å². The first-order valence-corrected chi connectivity index (χ1v) is 12.2. The van der Waals surface area contributed by atoms with Crippen LogP contribution in [0.5, 0.6) is 0 Å². The maximum absolute atomic E-state index is 12.4. The zero-order chi connectivity index (χ0) is 23.1. The summed E-state index contributed by atoms with van der Waals surface area (Å²) in [5.41, 5.74) is 1.41. The molecule has 0 aliphatic heterocycles. The largest absolute Gasteiger partial charge is 0.460 e. The fraction of sp³-hybridized carbons (Fsp3) is 0.609. The maximum atomic E-state index is 12.4. The number of benzene rings is 1. The predicted molar refractivity (Wildman–Crippen MR) is 120 cm³/mol. The number of carbonyl (C=O) groups excluding carboxylic acids is 1. The van der Waals surface area contributed by atoms with E-state index in [9.17, 15) is 13.2 Å². The van der Waals surface area contributed by atoms with Crippen molar-refractivity contribution in [2.24, 2.45) is 5.92 Å². The molecule has 0 saturated carbocycles. The predicted octanol–water partition coefficient (Wildman–Crippen LogP) is 3.35. The molecule has 0 N–H and O–H groups in total. The second kappa shape index (κ2) is 15.1. The zero-order valence-corrected chi connectivity index (χ0v) is 19.7. The smallest absolute Gasteiger partial charge is 0.333 e. The second-order valence-electron chi connectivity index (χ2n) is 7.60. The first kappa shape index (κ1) is 27.3. The Morgan fingerprint density at radius 3 is 2.00 bits per heavy atom. The van der Waals surface area contributed by atoms with Crippen LogP contribution in [0.3, 0.4) is 0 Å². The summed E-state index contributed by atoms with van der Waals surface area (Å²) in [6.45, 7) is 11.9. The van der Waals surface area contributed by atoms with Gasteiger partial charge in [0.25, 0.3) is 0 Å². The van der Waals surface area contributed by atoms with Crippen molar-refractivity contribution >= 4 is 15.8 Å². The SMILES string of the molecule is C=C(C)C(=O)OCCOCCOCCOCCCC(C)CS(=O)(=O)c1ccc(C)cc1. The van der Waals surface area contributed by atoms with Crippen LogP contribution in [0.2, 0.25) is 0 Å². The van der Waals surface area contributed by atoms with Crippen molar-refractivity contribution in [2.75, 3.05) is 52.0 Å². The Bertz CT molecular complexity index is 757. The molecule has 0 heterocycles. The van der Waals surface area contributed by atoms with Crippen LogP contribution in [0.25, 0.3) is 0 Å². The number of esters is 1. The fourth-order valence-corrected chi connectivity index (χ4v) is 4.35. The molecule has 1 aromatic carbocycles. The van der Waals surface area contributed by atoms with Crippen molar-refractivity contribution in [3.8, 4) is 0 Å². The van der Waals surface area contributed by atoms with Gasteiger partial charge in [0.15, 0.2) is 9.84 Å². The number of aryl methyl sites for hydroxylation is 1. The number of carbonyl (C=O) groups is 1. The number of sulfone groups is 1. The van der Waals surface area contributed by atoms with Gasteiger partial charge in [0.2, 0.25) is 0 Å². The Balaban J connectivity index is 1.97. The molecule has 0 aliphatic rings. The van der Waals surface area contributed by atoms with E-state index >= 15 is 0 Å². The zero-order valence-electron chi connectivity index (χ0n) is 18.9. The van der Waals surface area contributed by atoms with Crippen LogP contribution in [0.1, 0.15) is 32.3 Å². The molecule has 1 rings (SSSR count). The summed E-state index contributed by atoms with van der Waals surface area (Å²) < 4.78 is 46.0. The first-order chi connectivity index (χ1) is 14.7. The van der Waals surface area contributed by atoms with Gasteiger partial charge in [-0.15, -0.1) is 0 Å². The third-order valence-electron chi connectivity index (χ3n) is 4.42. The average Bonchev–Trinajstić information content (AvgIpc) is 2.71. The second-order valence-corrected chi connectivity index (χ2v) is 9.63. The van der Waals surface area contributed by atoms with Crippen molar-refractivity contribution in [1.29, 1.82) is 0 Å². The van der Waals surface area contributed by atoms with E-state index in [0.29, 0.717) is 50.1 Å². The molecule has 8 heteroatoms. The minimum absolute atomic E-state index is 0.0676. The fourth-order valence-electron chi connectivity index (χ4n) is 2.69. The molecule has 1 atom stereocenters. The van der Waals surface area contributed by atoms with Gasteiger partial charge in [0, 0.05) is 12.2 Å². The van der Waals surface area contributed by atoms with Gasteiger partial charge in [-0.05, 0) is 44.7 Å². The van der Waals surface area contributed by atoms with Crippen LogP contribution in [0.15, 0.2) is 41.3 Å². The Kier molecular flexibility index (Phi) is 13.3.